The fourth-order valence-corrected chi connectivity index (χ4v) is 1.77. The lowest BCUT2D eigenvalue weighted by atomic mass is 10.0. The maximum absolute atomic E-state index is 4.93. The van der Waals surface area contributed by atoms with Gasteiger partial charge < -0.3 is 0 Å². The van der Waals surface area contributed by atoms with Crippen LogP contribution in [0.2, 0.25) is 0 Å². The third-order valence-corrected chi connectivity index (χ3v) is 2.52. The highest BCUT2D eigenvalue weighted by Gasteiger charge is 1.99. The molecule has 0 spiro atoms. The normalized spacial score (nSPS) is 20.5. The molecule has 0 fully saturated rings. The summed E-state index contributed by atoms with van der Waals surface area (Å²) in [6, 6.07) is 0. The molecular formula is C11H21NO. The summed E-state index contributed by atoms with van der Waals surface area (Å²) in [7, 11) is 1.68. The maximum atomic E-state index is 4.93. The van der Waals surface area contributed by atoms with Crippen LogP contribution >= 0.6 is 0 Å². The Bertz CT molecular complexity index is 154. The highest BCUT2D eigenvalue weighted by Crippen LogP contribution is 2.15. The number of nitrogens with one attached hydrogen (secondary N) is 1. The predicted molar refractivity (Wildman–Crippen MR) is 55.2 cm³/mol. The summed E-state index contributed by atoms with van der Waals surface area (Å²) in [5.41, 5.74) is 4.23. The first-order valence-electron chi connectivity index (χ1n) is 5.41. The van der Waals surface area contributed by atoms with Gasteiger partial charge in [-0.05, 0) is 25.7 Å². The fourth-order valence-electron chi connectivity index (χ4n) is 1.77. The average Bonchev–Trinajstić information content (AvgIpc) is 2.16. The highest BCUT2D eigenvalue weighted by atomic mass is 16.6. The summed E-state index contributed by atoms with van der Waals surface area (Å²) in [4.78, 5) is 4.93. The Kier molecular flexibility index (Phi) is 5.66. The molecule has 0 saturated heterocycles. The summed E-state index contributed by atoms with van der Waals surface area (Å²) in [5, 5.41) is 0. The van der Waals surface area contributed by atoms with E-state index in [9.17, 15) is 0 Å². The number of rotatable bonds is 2. The van der Waals surface area contributed by atoms with Gasteiger partial charge >= 0.3 is 0 Å². The number of hydrogen-bond acceptors (Lipinski definition) is 2. The smallest absolute Gasteiger partial charge is 0.0636 e. The molecule has 0 aromatic heterocycles. The molecule has 0 heterocycles. The molecule has 2 heteroatoms. The van der Waals surface area contributed by atoms with E-state index in [0.717, 1.165) is 6.42 Å². The van der Waals surface area contributed by atoms with Crippen molar-refractivity contribution in [1.29, 1.82) is 0 Å². The summed E-state index contributed by atoms with van der Waals surface area (Å²) >= 11 is 0. The zero-order valence-corrected chi connectivity index (χ0v) is 8.64. The van der Waals surface area contributed by atoms with Gasteiger partial charge in [0.15, 0.2) is 0 Å². The molecule has 0 amide bonds. The zero-order valence-electron chi connectivity index (χ0n) is 8.64. The molecule has 1 aliphatic carbocycles. The number of hydrogen-bond donors (Lipinski definition) is 1. The van der Waals surface area contributed by atoms with Crippen LogP contribution in [0.25, 0.3) is 0 Å². The molecule has 0 saturated carbocycles. The quantitative estimate of drug-likeness (QED) is 0.664. The summed E-state index contributed by atoms with van der Waals surface area (Å²) < 4.78 is 0. The lowest BCUT2D eigenvalue weighted by Crippen LogP contribution is -2.11. The van der Waals surface area contributed by atoms with Crippen molar-refractivity contribution in [2.45, 2.75) is 51.4 Å². The van der Waals surface area contributed by atoms with Crippen LogP contribution in [0.1, 0.15) is 51.4 Å². The van der Waals surface area contributed by atoms with E-state index in [2.05, 4.69) is 11.6 Å². The van der Waals surface area contributed by atoms with E-state index in [-0.39, 0.29) is 0 Å². The standard InChI is InChI=1S/C11H21NO/c1-13-12-11-9-7-5-3-2-4-6-8-10-11/h9,12H,2-8,10H2,1H3. The van der Waals surface area contributed by atoms with Crippen LogP contribution in [-0.4, -0.2) is 7.11 Å². The molecular weight excluding hydrogens is 162 g/mol. The molecule has 2 nitrogen and oxygen atoms in total. The molecule has 0 unspecified atom stereocenters. The molecule has 1 aliphatic rings. The minimum Gasteiger partial charge on any atom is -0.280 e. The topological polar surface area (TPSA) is 21.3 Å². The second-order valence-electron chi connectivity index (χ2n) is 3.70. The Morgan fingerprint density at radius 3 is 2.54 bits per heavy atom. The minimum absolute atomic E-state index is 1.15. The van der Waals surface area contributed by atoms with E-state index in [1.165, 1.54) is 50.6 Å². The van der Waals surface area contributed by atoms with Crippen molar-refractivity contribution >= 4 is 0 Å². The van der Waals surface area contributed by atoms with Crippen LogP contribution < -0.4 is 5.48 Å². The van der Waals surface area contributed by atoms with Gasteiger partial charge in [0.05, 0.1) is 7.11 Å². The van der Waals surface area contributed by atoms with Crippen LogP contribution in [0.3, 0.4) is 0 Å². The second-order valence-corrected chi connectivity index (χ2v) is 3.70. The molecule has 0 aliphatic heterocycles. The van der Waals surface area contributed by atoms with Crippen LogP contribution in [0.4, 0.5) is 0 Å². The summed E-state index contributed by atoms with van der Waals surface area (Å²) in [6.07, 6.45) is 12.8. The Morgan fingerprint density at radius 2 is 1.77 bits per heavy atom. The first-order chi connectivity index (χ1) is 6.43. The molecule has 0 radical (unpaired) electrons. The van der Waals surface area contributed by atoms with E-state index in [0.29, 0.717) is 0 Å². The highest BCUT2D eigenvalue weighted by molar-refractivity contribution is 4.97. The largest absolute Gasteiger partial charge is 0.280 e. The SMILES string of the molecule is CONC1=CCCCCCCCC1. The molecule has 0 aromatic carbocycles. The van der Waals surface area contributed by atoms with Crippen molar-refractivity contribution < 1.29 is 4.84 Å². The van der Waals surface area contributed by atoms with Crippen molar-refractivity contribution in [3.63, 3.8) is 0 Å². The average molecular weight is 183 g/mol. The van der Waals surface area contributed by atoms with E-state index in [4.69, 9.17) is 4.84 Å². The predicted octanol–water partition coefficient (Wildman–Crippen LogP) is 3.16. The molecule has 1 rings (SSSR count). The third kappa shape index (κ3) is 4.94. The van der Waals surface area contributed by atoms with Gasteiger partial charge in [-0.15, -0.1) is 0 Å². The Morgan fingerprint density at radius 1 is 1.08 bits per heavy atom. The molecule has 0 aromatic rings. The van der Waals surface area contributed by atoms with Crippen LogP contribution in [0.5, 0.6) is 0 Å². The van der Waals surface area contributed by atoms with E-state index in [1.807, 2.05) is 0 Å². The van der Waals surface area contributed by atoms with Crippen molar-refractivity contribution in [1.82, 2.24) is 5.48 Å². The van der Waals surface area contributed by atoms with Crippen molar-refractivity contribution in [2.75, 3.05) is 7.11 Å². The molecule has 13 heavy (non-hydrogen) atoms. The van der Waals surface area contributed by atoms with Gasteiger partial charge in [-0.25, -0.2) is 0 Å². The lowest BCUT2D eigenvalue weighted by Gasteiger charge is -2.10. The fraction of sp³-hybridized carbons (Fsp3) is 0.818. The van der Waals surface area contributed by atoms with Gasteiger partial charge in [-0.2, -0.15) is 0 Å². The van der Waals surface area contributed by atoms with E-state index in [1.54, 1.807) is 7.11 Å². The molecule has 1 N–H and O–H groups in total. The third-order valence-electron chi connectivity index (χ3n) is 2.52. The lowest BCUT2D eigenvalue weighted by molar-refractivity contribution is 0.114. The van der Waals surface area contributed by atoms with Gasteiger partial charge in [0, 0.05) is 5.70 Å². The zero-order chi connectivity index (χ0) is 9.36. The van der Waals surface area contributed by atoms with Gasteiger partial charge in [0.2, 0.25) is 0 Å². The molecule has 76 valence electrons. The first kappa shape index (κ1) is 10.6. The monoisotopic (exact) mass is 183 g/mol. The van der Waals surface area contributed by atoms with Crippen molar-refractivity contribution in [3.05, 3.63) is 11.8 Å². The first-order valence-corrected chi connectivity index (χ1v) is 5.41. The number of hydroxylamine groups is 1. The maximum Gasteiger partial charge on any atom is 0.0636 e. The summed E-state index contributed by atoms with van der Waals surface area (Å²) in [6.45, 7) is 0. The summed E-state index contributed by atoms with van der Waals surface area (Å²) in [5.74, 6) is 0. The Hall–Kier alpha value is -0.500. The molecule has 0 bridgehead atoms. The Balaban J connectivity index is 2.33. The Labute approximate surface area is 81.3 Å². The van der Waals surface area contributed by atoms with Crippen molar-refractivity contribution in [2.24, 2.45) is 0 Å². The van der Waals surface area contributed by atoms with Gasteiger partial charge in [0.25, 0.3) is 0 Å². The second kappa shape index (κ2) is 6.96. The van der Waals surface area contributed by atoms with Crippen LogP contribution in [-0.2, 0) is 4.84 Å². The van der Waals surface area contributed by atoms with Gasteiger partial charge in [-0.1, -0.05) is 31.8 Å². The van der Waals surface area contributed by atoms with Crippen LogP contribution in [0, 0.1) is 0 Å². The van der Waals surface area contributed by atoms with Gasteiger partial charge in [-0.3, -0.25) is 10.3 Å². The minimum atomic E-state index is 1.15. The van der Waals surface area contributed by atoms with Crippen molar-refractivity contribution in [3.8, 4) is 0 Å². The molecule has 0 atom stereocenters. The number of allylic oxidation sites excluding steroid dienone is 2. The van der Waals surface area contributed by atoms with Crippen LogP contribution in [0.15, 0.2) is 11.8 Å². The van der Waals surface area contributed by atoms with Gasteiger partial charge in [0.1, 0.15) is 0 Å². The van der Waals surface area contributed by atoms with E-state index < -0.39 is 0 Å². The van der Waals surface area contributed by atoms with E-state index >= 15 is 0 Å².